The van der Waals surface area contributed by atoms with Gasteiger partial charge in [0.1, 0.15) is 0 Å². The largest absolute Gasteiger partial charge is 0.329 e. The molecule has 0 spiro atoms. The number of Topliss-reactive ketones (excluding diaryl/α,β-unsaturated/α-hetero) is 1. The lowest BCUT2D eigenvalue weighted by Crippen LogP contribution is -2.30. The molecule has 24 heavy (non-hydrogen) atoms. The molecule has 0 aliphatic carbocycles. The number of carbonyl (C=O) groups excluding carboxylic acids is 1. The van der Waals surface area contributed by atoms with Crippen molar-refractivity contribution in [1.82, 2.24) is 9.55 Å². The fraction of sp³-hybridized carbons (Fsp3) is 0.375. The monoisotopic (exact) mass is 365 g/mol. The predicted molar refractivity (Wildman–Crippen MR) is 95.2 cm³/mol. The third kappa shape index (κ3) is 3.21. The van der Waals surface area contributed by atoms with Crippen LogP contribution >= 0.6 is 11.8 Å². The number of sulfonamides is 1. The molecular weight excluding hydrogens is 346 g/mol. The van der Waals surface area contributed by atoms with Crippen LogP contribution in [-0.2, 0) is 23.5 Å². The first kappa shape index (κ1) is 17.0. The molecule has 0 fully saturated rings. The molecule has 0 amide bonds. The summed E-state index contributed by atoms with van der Waals surface area (Å²) in [6.07, 6.45) is 4.18. The van der Waals surface area contributed by atoms with E-state index in [0.29, 0.717) is 30.0 Å². The number of ketones is 1. The Kier molecular flexibility index (Phi) is 4.69. The number of hydrogen-bond donors (Lipinski definition) is 0. The number of anilines is 1. The lowest BCUT2D eigenvalue weighted by atomic mass is 10.1. The van der Waals surface area contributed by atoms with Gasteiger partial charge in [-0.1, -0.05) is 11.8 Å². The lowest BCUT2D eigenvalue weighted by molar-refractivity contribution is 0.102. The summed E-state index contributed by atoms with van der Waals surface area (Å²) in [5.41, 5.74) is 2.23. The SMILES string of the molecule is CCS(=O)(=O)N1CCc2cc(C(=O)CSc3nccn3C)ccc21. The molecule has 6 nitrogen and oxygen atoms in total. The maximum atomic E-state index is 12.4. The molecule has 2 aromatic rings. The van der Waals surface area contributed by atoms with Crippen LogP contribution in [0, 0.1) is 0 Å². The molecule has 0 N–H and O–H groups in total. The fourth-order valence-corrected chi connectivity index (χ4v) is 4.68. The quantitative estimate of drug-likeness (QED) is 0.579. The molecule has 0 bridgehead atoms. The summed E-state index contributed by atoms with van der Waals surface area (Å²) in [7, 11) is -1.37. The normalized spacial score (nSPS) is 14.0. The van der Waals surface area contributed by atoms with E-state index in [-0.39, 0.29) is 11.5 Å². The molecule has 0 radical (unpaired) electrons. The fourth-order valence-electron chi connectivity index (χ4n) is 2.69. The third-order valence-electron chi connectivity index (χ3n) is 4.06. The Morgan fingerprint density at radius 2 is 2.17 bits per heavy atom. The van der Waals surface area contributed by atoms with Gasteiger partial charge in [0.2, 0.25) is 10.0 Å². The van der Waals surface area contributed by atoms with Crippen LogP contribution in [-0.4, -0.2) is 41.8 Å². The van der Waals surface area contributed by atoms with E-state index in [4.69, 9.17) is 0 Å². The molecule has 1 aromatic heterocycles. The highest BCUT2D eigenvalue weighted by Gasteiger charge is 2.28. The average molecular weight is 365 g/mol. The predicted octanol–water partition coefficient (Wildman–Crippen LogP) is 2.11. The van der Waals surface area contributed by atoms with Crippen molar-refractivity contribution in [2.24, 2.45) is 7.05 Å². The number of fused-ring (bicyclic) bond motifs is 1. The highest BCUT2D eigenvalue weighted by atomic mass is 32.2. The zero-order valence-electron chi connectivity index (χ0n) is 13.6. The van der Waals surface area contributed by atoms with Crippen LogP contribution in [0.2, 0.25) is 0 Å². The highest BCUT2D eigenvalue weighted by molar-refractivity contribution is 7.99. The van der Waals surface area contributed by atoms with Crippen LogP contribution in [0.25, 0.3) is 0 Å². The summed E-state index contributed by atoms with van der Waals surface area (Å²) in [6, 6.07) is 5.28. The Balaban J connectivity index is 1.75. The molecule has 3 rings (SSSR count). The summed E-state index contributed by atoms with van der Waals surface area (Å²) >= 11 is 1.39. The number of aromatic nitrogens is 2. The van der Waals surface area contributed by atoms with Crippen LogP contribution in [0.1, 0.15) is 22.8 Å². The number of thioether (sulfide) groups is 1. The van der Waals surface area contributed by atoms with E-state index in [0.717, 1.165) is 10.7 Å². The molecule has 0 atom stereocenters. The molecule has 1 aliphatic rings. The van der Waals surface area contributed by atoms with E-state index in [1.807, 2.05) is 23.9 Å². The van der Waals surface area contributed by atoms with Gasteiger partial charge in [0, 0.05) is 31.5 Å². The number of carbonyl (C=O) groups is 1. The first-order chi connectivity index (χ1) is 11.4. The summed E-state index contributed by atoms with van der Waals surface area (Å²) in [6.45, 7) is 2.09. The van der Waals surface area contributed by atoms with Crippen molar-refractivity contribution in [3.8, 4) is 0 Å². The topological polar surface area (TPSA) is 72.3 Å². The number of aryl methyl sites for hydroxylation is 1. The molecule has 8 heteroatoms. The average Bonchev–Trinajstić information content (AvgIpc) is 3.18. The van der Waals surface area contributed by atoms with E-state index in [1.54, 1.807) is 25.3 Å². The number of benzene rings is 1. The van der Waals surface area contributed by atoms with E-state index in [2.05, 4.69) is 4.98 Å². The molecular formula is C16H19N3O3S2. The molecule has 0 saturated heterocycles. The molecule has 1 aliphatic heterocycles. The van der Waals surface area contributed by atoms with Crippen molar-refractivity contribution in [2.75, 3.05) is 22.4 Å². The van der Waals surface area contributed by atoms with Crippen molar-refractivity contribution in [1.29, 1.82) is 0 Å². The summed E-state index contributed by atoms with van der Waals surface area (Å²) in [5, 5.41) is 0.796. The third-order valence-corrected chi connectivity index (χ3v) is 6.90. The molecule has 0 saturated carbocycles. The summed E-state index contributed by atoms with van der Waals surface area (Å²) < 4.78 is 27.5. The van der Waals surface area contributed by atoms with Gasteiger partial charge >= 0.3 is 0 Å². The van der Waals surface area contributed by atoms with Gasteiger partial charge < -0.3 is 4.57 Å². The summed E-state index contributed by atoms with van der Waals surface area (Å²) in [5.74, 6) is 0.399. The molecule has 128 valence electrons. The van der Waals surface area contributed by atoms with Gasteiger partial charge in [0.25, 0.3) is 0 Å². The van der Waals surface area contributed by atoms with E-state index >= 15 is 0 Å². The van der Waals surface area contributed by atoms with E-state index in [1.165, 1.54) is 16.1 Å². The van der Waals surface area contributed by atoms with Crippen molar-refractivity contribution in [2.45, 2.75) is 18.5 Å². The zero-order valence-corrected chi connectivity index (χ0v) is 15.2. The van der Waals surface area contributed by atoms with Gasteiger partial charge in [0.15, 0.2) is 10.9 Å². The Bertz CT molecular complexity index is 874. The second-order valence-corrected chi connectivity index (χ2v) is 8.72. The van der Waals surface area contributed by atoms with Crippen molar-refractivity contribution >= 4 is 33.3 Å². The first-order valence-corrected chi connectivity index (χ1v) is 10.3. The van der Waals surface area contributed by atoms with Gasteiger partial charge in [-0.25, -0.2) is 13.4 Å². The number of rotatable bonds is 6. The van der Waals surface area contributed by atoms with Crippen LogP contribution in [0.5, 0.6) is 0 Å². The minimum atomic E-state index is -3.26. The minimum absolute atomic E-state index is 0.0163. The van der Waals surface area contributed by atoms with Gasteiger partial charge in [0.05, 0.1) is 17.2 Å². The number of imidazole rings is 1. The molecule has 2 heterocycles. The molecule has 0 unspecified atom stereocenters. The van der Waals surface area contributed by atoms with Crippen LogP contribution in [0.15, 0.2) is 35.7 Å². The number of nitrogens with zero attached hydrogens (tertiary/aromatic N) is 3. The smallest absolute Gasteiger partial charge is 0.234 e. The highest BCUT2D eigenvalue weighted by Crippen LogP contribution is 2.31. The van der Waals surface area contributed by atoms with Gasteiger partial charge in [-0.15, -0.1) is 0 Å². The van der Waals surface area contributed by atoms with Gasteiger partial charge in [-0.2, -0.15) is 0 Å². The molecule has 1 aromatic carbocycles. The maximum absolute atomic E-state index is 12.4. The van der Waals surface area contributed by atoms with Crippen molar-refractivity contribution in [3.05, 3.63) is 41.7 Å². The van der Waals surface area contributed by atoms with Gasteiger partial charge in [-0.3, -0.25) is 9.10 Å². The second kappa shape index (κ2) is 6.60. The minimum Gasteiger partial charge on any atom is -0.329 e. The Hall–Kier alpha value is -1.80. The van der Waals surface area contributed by atoms with Crippen LogP contribution in [0.3, 0.4) is 0 Å². The summed E-state index contributed by atoms with van der Waals surface area (Å²) in [4.78, 5) is 16.6. The van der Waals surface area contributed by atoms with Crippen LogP contribution in [0.4, 0.5) is 5.69 Å². The zero-order chi connectivity index (χ0) is 17.3. The van der Waals surface area contributed by atoms with E-state index < -0.39 is 10.0 Å². The standard InChI is InChI=1S/C16H19N3O3S2/c1-3-24(21,22)19-8-6-12-10-13(4-5-14(12)19)15(20)11-23-16-17-7-9-18(16)2/h4-5,7,9-10H,3,6,8,11H2,1-2H3. The van der Waals surface area contributed by atoms with Gasteiger partial charge in [-0.05, 0) is 37.1 Å². The maximum Gasteiger partial charge on any atom is 0.234 e. The van der Waals surface area contributed by atoms with Crippen molar-refractivity contribution < 1.29 is 13.2 Å². The lowest BCUT2D eigenvalue weighted by Gasteiger charge is -2.18. The Morgan fingerprint density at radius 3 is 2.83 bits per heavy atom. The van der Waals surface area contributed by atoms with Crippen molar-refractivity contribution in [3.63, 3.8) is 0 Å². The number of hydrogen-bond acceptors (Lipinski definition) is 5. The Labute approximate surface area is 145 Å². The van der Waals surface area contributed by atoms with E-state index in [9.17, 15) is 13.2 Å². The van der Waals surface area contributed by atoms with Crippen LogP contribution < -0.4 is 4.31 Å². The Morgan fingerprint density at radius 1 is 1.38 bits per heavy atom. The second-order valence-electron chi connectivity index (χ2n) is 5.60. The first-order valence-electron chi connectivity index (χ1n) is 7.69.